The average molecular weight is 296 g/mol. The fraction of sp³-hybridized carbons (Fsp3) is 0.615. The van der Waals surface area contributed by atoms with Crippen molar-refractivity contribution in [2.75, 3.05) is 25.4 Å². The quantitative estimate of drug-likeness (QED) is 0.881. The highest BCUT2D eigenvalue weighted by Gasteiger charge is 2.27. The van der Waals surface area contributed by atoms with Gasteiger partial charge in [-0.05, 0) is 37.2 Å². The third-order valence-corrected chi connectivity index (χ3v) is 4.27. The summed E-state index contributed by atoms with van der Waals surface area (Å²) in [6.07, 6.45) is 2.15. The summed E-state index contributed by atoms with van der Waals surface area (Å²) < 4.78 is 4.03. The number of nitrogen functional groups attached to an aromatic ring is 1. The Labute approximate surface area is 122 Å². The number of hydrogen-bond donors (Lipinski definition) is 2. The number of aromatic nitrogens is 1. The van der Waals surface area contributed by atoms with Crippen molar-refractivity contribution < 1.29 is 9.59 Å². The molecule has 6 nitrogen and oxygen atoms in total. The van der Waals surface area contributed by atoms with Crippen molar-refractivity contribution in [3.63, 3.8) is 0 Å². The Morgan fingerprint density at radius 1 is 1.55 bits per heavy atom. The lowest BCUT2D eigenvalue weighted by Crippen LogP contribution is -2.39. The summed E-state index contributed by atoms with van der Waals surface area (Å²) in [5.41, 5.74) is 6.27. The van der Waals surface area contributed by atoms with E-state index >= 15 is 0 Å². The van der Waals surface area contributed by atoms with Crippen molar-refractivity contribution in [1.29, 1.82) is 0 Å². The van der Waals surface area contributed by atoms with Gasteiger partial charge in [0.2, 0.25) is 0 Å². The Bertz CT molecular complexity index is 514. The molecule has 0 aliphatic carbocycles. The van der Waals surface area contributed by atoms with Crippen LogP contribution >= 0.6 is 11.5 Å². The van der Waals surface area contributed by atoms with Crippen LogP contribution in [0.25, 0.3) is 0 Å². The molecule has 0 aromatic carbocycles. The predicted octanol–water partition coefficient (Wildman–Crippen LogP) is 1.35. The molecule has 1 saturated heterocycles. The first-order chi connectivity index (χ1) is 9.54. The summed E-state index contributed by atoms with van der Waals surface area (Å²) >= 11 is 1.01. The van der Waals surface area contributed by atoms with Gasteiger partial charge in [0.25, 0.3) is 11.8 Å². The number of carbonyl (C=O) groups excluding carboxylic acids is 2. The van der Waals surface area contributed by atoms with E-state index in [-0.39, 0.29) is 23.2 Å². The normalized spacial score (nSPS) is 18.9. The summed E-state index contributed by atoms with van der Waals surface area (Å²) in [7, 11) is 0. The smallest absolute Gasteiger partial charge is 0.273 e. The molecule has 2 heterocycles. The van der Waals surface area contributed by atoms with Crippen LogP contribution < -0.4 is 11.1 Å². The maximum absolute atomic E-state index is 12.4. The van der Waals surface area contributed by atoms with E-state index in [0.29, 0.717) is 17.3 Å². The van der Waals surface area contributed by atoms with E-state index in [1.165, 1.54) is 0 Å². The summed E-state index contributed by atoms with van der Waals surface area (Å²) in [5, 5.41) is 2.64. The highest BCUT2D eigenvalue weighted by molar-refractivity contribution is 7.09. The molecule has 0 bridgehead atoms. The van der Waals surface area contributed by atoms with Gasteiger partial charge >= 0.3 is 0 Å². The number of likely N-dealkylation sites (tertiary alicyclic amines) is 1. The number of nitrogens with two attached hydrogens (primary N) is 1. The lowest BCUT2D eigenvalue weighted by molar-refractivity contribution is 0.0689. The van der Waals surface area contributed by atoms with Crippen LogP contribution in [0.2, 0.25) is 0 Å². The van der Waals surface area contributed by atoms with Gasteiger partial charge < -0.3 is 16.0 Å². The second kappa shape index (κ2) is 6.21. The van der Waals surface area contributed by atoms with Gasteiger partial charge in [-0.1, -0.05) is 6.92 Å². The van der Waals surface area contributed by atoms with Gasteiger partial charge in [-0.3, -0.25) is 9.59 Å². The first-order valence-corrected chi connectivity index (χ1v) is 7.64. The van der Waals surface area contributed by atoms with Crippen molar-refractivity contribution in [2.45, 2.75) is 26.7 Å². The van der Waals surface area contributed by atoms with E-state index in [1.54, 1.807) is 4.90 Å². The van der Waals surface area contributed by atoms with Gasteiger partial charge in [0.15, 0.2) is 5.69 Å². The second-order valence-corrected chi connectivity index (χ2v) is 5.91. The standard InChI is InChI=1S/C13H20N4O2S/c1-3-15-12(18)10-9(14)11(20-16-10)13(19)17-6-4-5-8(2)7-17/h8H,3-7,14H2,1-2H3,(H,15,18). The summed E-state index contributed by atoms with van der Waals surface area (Å²) in [6, 6.07) is 0. The topological polar surface area (TPSA) is 88.3 Å². The first-order valence-electron chi connectivity index (χ1n) is 6.87. The second-order valence-electron chi connectivity index (χ2n) is 5.13. The van der Waals surface area contributed by atoms with Crippen molar-refractivity contribution >= 4 is 29.0 Å². The van der Waals surface area contributed by atoms with Crippen LogP contribution in [0.3, 0.4) is 0 Å². The maximum Gasteiger partial charge on any atom is 0.273 e. The van der Waals surface area contributed by atoms with Crippen molar-refractivity contribution in [3.8, 4) is 0 Å². The Hall–Kier alpha value is -1.63. The molecule has 7 heteroatoms. The van der Waals surface area contributed by atoms with Gasteiger partial charge in [0.05, 0.1) is 5.69 Å². The minimum Gasteiger partial charge on any atom is -0.395 e. The Morgan fingerprint density at radius 2 is 2.30 bits per heavy atom. The Kier molecular flexibility index (Phi) is 4.59. The highest BCUT2D eigenvalue weighted by atomic mass is 32.1. The van der Waals surface area contributed by atoms with Crippen LogP contribution in [0, 0.1) is 5.92 Å². The van der Waals surface area contributed by atoms with Crippen LogP contribution in [0.4, 0.5) is 5.69 Å². The number of amides is 2. The van der Waals surface area contributed by atoms with E-state index in [9.17, 15) is 9.59 Å². The largest absolute Gasteiger partial charge is 0.395 e. The summed E-state index contributed by atoms with van der Waals surface area (Å²) in [5.74, 6) is 0.0686. The highest BCUT2D eigenvalue weighted by Crippen LogP contribution is 2.25. The number of nitrogens with one attached hydrogen (secondary N) is 1. The first kappa shape index (κ1) is 14.8. The van der Waals surface area contributed by atoms with E-state index < -0.39 is 0 Å². The van der Waals surface area contributed by atoms with Crippen molar-refractivity contribution in [3.05, 3.63) is 10.6 Å². The fourth-order valence-electron chi connectivity index (χ4n) is 2.38. The number of carbonyl (C=O) groups is 2. The third kappa shape index (κ3) is 2.92. The molecule has 1 aliphatic heterocycles. The third-order valence-electron chi connectivity index (χ3n) is 3.42. The Morgan fingerprint density at radius 3 is 2.95 bits per heavy atom. The van der Waals surface area contributed by atoms with Crippen LogP contribution in [0.15, 0.2) is 0 Å². The van der Waals surface area contributed by atoms with E-state index in [1.807, 2.05) is 6.92 Å². The maximum atomic E-state index is 12.4. The molecule has 20 heavy (non-hydrogen) atoms. The lowest BCUT2D eigenvalue weighted by atomic mass is 10.0. The zero-order valence-electron chi connectivity index (χ0n) is 11.8. The van der Waals surface area contributed by atoms with E-state index in [2.05, 4.69) is 16.6 Å². The van der Waals surface area contributed by atoms with E-state index in [4.69, 9.17) is 5.73 Å². The van der Waals surface area contributed by atoms with Crippen LogP contribution in [-0.2, 0) is 0 Å². The number of piperidine rings is 1. The zero-order valence-corrected chi connectivity index (χ0v) is 12.6. The predicted molar refractivity (Wildman–Crippen MR) is 78.8 cm³/mol. The molecule has 0 radical (unpaired) electrons. The Balaban J connectivity index is 2.16. The fourth-order valence-corrected chi connectivity index (χ4v) is 3.14. The summed E-state index contributed by atoms with van der Waals surface area (Å²) in [6.45, 7) is 5.95. The van der Waals surface area contributed by atoms with Crippen molar-refractivity contribution in [2.24, 2.45) is 5.92 Å². The summed E-state index contributed by atoms with van der Waals surface area (Å²) in [4.78, 5) is 26.4. The molecule has 0 saturated carbocycles. The zero-order chi connectivity index (χ0) is 14.7. The lowest BCUT2D eigenvalue weighted by Gasteiger charge is -2.30. The average Bonchev–Trinajstić information content (AvgIpc) is 2.80. The molecule has 1 aliphatic rings. The van der Waals surface area contributed by atoms with Crippen molar-refractivity contribution in [1.82, 2.24) is 14.6 Å². The van der Waals surface area contributed by atoms with E-state index in [0.717, 1.165) is 37.5 Å². The molecule has 1 aromatic heterocycles. The van der Waals surface area contributed by atoms with Gasteiger partial charge in [-0.25, -0.2) is 0 Å². The van der Waals surface area contributed by atoms with Gasteiger partial charge in [0.1, 0.15) is 4.88 Å². The van der Waals surface area contributed by atoms with Gasteiger partial charge in [0, 0.05) is 19.6 Å². The molecule has 2 rings (SSSR count). The minimum atomic E-state index is -0.327. The molecular formula is C13H20N4O2S. The van der Waals surface area contributed by atoms with Gasteiger partial charge in [-0.2, -0.15) is 4.37 Å². The molecule has 110 valence electrons. The molecule has 3 N–H and O–H groups in total. The molecule has 1 atom stereocenters. The molecule has 0 spiro atoms. The minimum absolute atomic E-state index is 0.109. The van der Waals surface area contributed by atoms with Gasteiger partial charge in [-0.15, -0.1) is 0 Å². The van der Waals surface area contributed by atoms with Crippen LogP contribution in [0.1, 0.15) is 46.8 Å². The SMILES string of the molecule is CCNC(=O)c1nsc(C(=O)N2CCCC(C)C2)c1N. The molecule has 1 fully saturated rings. The number of rotatable bonds is 3. The monoisotopic (exact) mass is 296 g/mol. The molecule has 1 unspecified atom stereocenters. The van der Waals surface area contributed by atoms with Crippen LogP contribution in [-0.4, -0.2) is 40.7 Å². The number of anilines is 1. The number of nitrogens with zero attached hydrogens (tertiary/aromatic N) is 2. The molecular weight excluding hydrogens is 276 g/mol. The molecule has 2 amide bonds. The molecule has 1 aromatic rings. The number of hydrogen-bond acceptors (Lipinski definition) is 5. The van der Waals surface area contributed by atoms with Crippen LogP contribution in [0.5, 0.6) is 0 Å².